The molecule has 1 saturated heterocycles. The molecule has 2 aliphatic heterocycles. The highest BCUT2D eigenvalue weighted by atomic mass is 16.7. The molecule has 0 aliphatic carbocycles. The van der Waals surface area contributed by atoms with E-state index in [0.29, 0.717) is 28.3 Å². The van der Waals surface area contributed by atoms with E-state index in [-0.39, 0.29) is 18.6 Å². The number of nitrogens with one attached hydrogen (secondary N) is 1. The Morgan fingerprint density at radius 3 is 2.22 bits per heavy atom. The van der Waals surface area contributed by atoms with Gasteiger partial charge in [0.1, 0.15) is 0 Å². The predicted octanol–water partition coefficient (Wildman–Crippen LogP) is 3.68. The van der Waals surface area contributed by atoms with E-state index in [1.54, 1.807) is 42.5 Å². The van der Waals surface area contributed by atoms with E-state index in [1.165, 1.54) is 12.8 Å². The number of carbonyl (C=O) groups is 2. The summed E-state index contributed by atoms with van der Waals surface area (Å²) in [7, 11) is 0. The van der Waals surface area contributed by atoms with E-state index in [1.807, 2.05) is 4.90 Å². The number of fused-ring (bicyclic) bond motifs is 1. The summed E-state index contributed by atoms with van der Waals surface area (Å²) >= 11 is 0. The van der Waals surface area contributed by atoms with Gasteiger partial charge in [-0.3, -0.25) is 9.59 Å². The van der Waals surface area contributed by atoms with Crippen LogP contribution in [0.25, 0.3) is 0 Å². The Morgan fingerprint density at radius 1 is 0.815 bits per heavy atom. The minimum absolute atomic E-state index is 0.0413. The summed E-state index contributed by atoms with van der Waals surface area (Å²) in [5, 5.41) is 2.84. The molecule has 6 heteroatoms. The average molecular weight is 366 g/mol. The summed E-state index contributed by atoms with van der Waals surface area (Å²) in [6.07, 6.45) is 4.48. The number of nitrogens with zero attached hydrogens (tertiary/aromatic N) is 1. The quantitative estimate of drug-likeness (QED) is 0.900. The lowest BCUT2D eigenvalue weighted by atomic mass is 10.1. The molecule has 2 aromatic rings. The van der Waals surface area contributed by atoms with Crippen LogP contribution in [0.4, 0.5) is 5.69 Å². The lowest BCUT2D eigenvalue weighted by Gasteiger charge is -2.20. The van der Waals surface area contributed by atoms with E-state index < -0.39 is 0 Å². The van der Waals surface area contributed by atoms with Gasteiger partial charge in [0.2, 0.25) is 6.79 Å². The maximum Gasteiger partial charge on any atom is 0.255 e. The lowest BCUT2D eigenvalue weighted by Crippen LogP contribution is -2.31. The van der Waals surface area contributed by atoms with Crippen LogP contribution < -0.4 is 14.8 Å². The molecule has 2 aromatic carbocycles. The van der Waals surface area contributed by atoms with Crippen LogP contribution in [0.3, 0.4) is 0 Å². The zero-order valence-corrected chi connectivity index (χ0v) is 15.1. The minimum Gasteiger partial charge on any atom is -0.454 e. The largest absolute Gasteiger partial charge is 0.454 e. The topological polar surface area (TPSA) is 67.9 Å². The maximum atomic E-state index is 12.6. The summed E-state index contributed by atoms with van der Waals surface area (Å²) in [6.45, 7) is 1.82. The second kappa shape index (κ2) is 7.70. The molecule has 2 aliphatic rings. The highest BCUT2D eigenvalue weighted by Gasteiger charge is 2.18. The molecule has 0 bridgehead atoms. The second-order valence-corrected chi connectivity index (χ2v) is 6.81. The van der Waals surface area contributed by atoms with E-state index in [4.69, 9.17) is 9.47 Å². The van der Waals surface area contributed by atoms with Crippen LogP contribution in [-0.2, 0) is 0 Å². The number of carbonyl (C=O) groups excluding carboxylic acids is 2. The van der Waals surface area contributed by atoms with Gasteiger partial charge in [0.15, 0.2) is 11.5 Å². The zero-order valence-electron chi connectivity index (χ0n) is 15.1. The van der Waals surface area contributed by atoms with Crippen molar-refractivity contribution in [3.63, 3.8) is 0 Å². The summed E-state index contributed by atoms with van der Waals surface area (Å²) in [6, 6.07) is 12.1. The molecule has 2 heterocycles. The number of benzene rings is 2. The Balaban J connectivity index is 1.42. The van der Waals surface area contributed by atoms with Gasteiger partial charge in [-0.05, 0) is 49.2 Å². The Morgan fingerprint density at radius 2 is 1.48 bits per heavy atom. The van der Waals surface area contributed by atoms with Crippen LogP contribution in [0.2, 0.25) is 0 Å². The SMILES string of the molecule is O=C(Nc1ccc2c(c1)OCO2)c1ccc(C(=O)N2CCCCCC2)cc1. The minimum atomic E-state index is -0.234. The number of ether oxygens (including phenoxy) is 2. The molecular weight excluding hydrogens is 344 g/mol. The van der Waals surface area contributed by atoms with Gasteiger partial charge in [-0.15, -0.1) is 0 Å². The van der Waals surface area contributed by atoms with Crippen molar-refractivity contribution in [2.45, 2.75) is 25.7 Å². The Bertz CT molecular complexity index is 840. The summed E-state index contributed by atoms with van der Waals surface area (Å²) in [5.41, 5.74) is 1.76. The molecule has 27 heavy (non-hydrogen) atoms. The van der Waals surface area contributed by atoms with E-state index in [9.17, 15) is 9.59 Å². The first-order valence-corrected chi connectivity index (χ1v) is 9.31. The van der Waals surface area contributed by atoms with Crippen LogP contribution in [0.5, 0.6) is 11.5 Å². The molecule has 2 amide bonds. The fourth-order valence-corrected chi connectivity index (χ4v) is 3.40. The van der Waals surface area contributed by atoms with E-state index in [2.05, 4.69) is 5.32 Å². The smallest absolute Gasteiger partial charge is 0.255 e. The van der Waals surface area contributed by atoms with Crippen molar-refractivity contribution in [1.82, 2.24) is 4.90 Å². The third-order valence-electron chi connectivity index (χ3n) is 4.92. The number of hydrogen-bond donors (Lipinski definition) is 1. The lowest BCUT2D eigenvalue weighted by molar-refractivity contribution is 0.0761. The molecule has 1 fully saturated rings. The molecule has 0 spiro atoms. The Kier molecular flexibility index (Phi) is 4.96. The highest BCUT2D eigenvalue weighted by molar-refractivity contribution is 6.05. The molecule has 0 saturated carbocycles. The van der Waals surface area contributed by atoms with Crippen molar-refractivity contribution in [1.29, 1.82) is 0 Å². The van der Waals surface area contributed by atoms with Gasteiger partial charge < -0.3 is 19.7 Å². The van der Waals surface area contributed by atoms with Crippen LogP contribution in [0.15, 0.2) is 42.5 Å². The molecule has 0 atom stereocenters. The van der Waals surface area contributed by atoms with Crippen molar-refractivity contribution in [3.05, 3.63) is 53.6 Å². The fourth-order valence-electron chi connectivity index (χ4n) is 3.40. The summed E-state index contributed by atoms with van der Waals surface area (Å²) < 4.78 is 10.6. The molecule has 0 unspecified atom stereocenters. The second-order valence-electron chi connectivity index (χ2n) is 6.81. The van der Waals surface area contributed by atoms with Gasteiger partial charge in [-0.25, -0.2) is 0 Å². The van der Waals surface area contributed by atoms with Gasteiger partial charge in [0, 0.05) is 36.0 Å². The third kappa shape index (κ3) is 3.89. The highest BCUT2D eigenvalue weighted by Crippen LogP contribution is 2.34. The molecule has 4 rings (SSSR count). The van der Waals surface area contributed by atoms with Crippen molar-refractivity contribution in [3.8, 4) is 11.5 Å². The van der Waals surface area contributed by atoms with Gasteiger partial charge >= 0.3 is 0 Å². The van der Waals surface area contributed by atoms with Gasteiger partial charge in [-0.1, -0.05) is 12.8 Å². The van der Waals surface area contributed by atoms with Crippen molar-refractivity contribution in [2.75, 3.05) is 25.2 Å². The first-order valence-electron chi connectivity index (χ1n) is 9.31. The maximum absolute atomic E-state index is 12.6. The summed E-state index contributed by atoms with van der Waals surface area (Å²) in [5.74, 6) is 1.10. The molecular formula is C21H22N2O4. The standard InChI is InChI=1S/C21H22N2O4/c24-20(22-17-9-10-18-19(13-17)27-14-26-18)15-5-7-16(8-6-15)21(25)23-11-3-1-2-4-12-23/h5-10,13H,1-4,11-12,14H2,(H,22,24). The predicted molar refractivity (Wildman–Crippen MR) is 101 cm³/mol. The number of rotatable bonds is 3. The van der Waals surface area contributed by atoms with Crippen LogP contribution >= 0.6 is 0 Å². The molecule has 140 valence electrons. The van der Waals surface area contributed by atoms with Gasteiger partial charge in [0.05, 0.1) is 0 Å². The zero-order chi connectivity index (χ0) is 18.6. The van der Waals surface area contributed by atoms with Gasteiger partial charge in [-0.2, -0.15) is 0 Å². The van der Waals surface area contributed by atoms with E-state index >= 15 is 0 Å². The van der Waals surface area contributed by atoms with Crippen molar-refractivity contribution < 1.29 is 19.1 Å². The van der Waals surface area contributed by atoms with Crippen molar-refractivity contribution >= 4 is 17.5 Å². The van der Waals surface area contributed by atoms with Gasteiger partial charge in [0.25, 0.3) is 11.8 Å². The monoisotopic (exact) mass is 366 g/mol. The first kappa shape index (κ1) is 17.4. The number of amides is 2. The molecule has 6 nitrogen and oxygen atoms in total. The number of hydrogen-bond acceptors (Lipinski definition) is 4. The van der Waals surface area contributed by atoms with Crippen LogP contribution in [0.1, 0.15) is 46.4 Å². The van der Waals surface area contributed by atoms with Crippen LogP contribution in [-0.4, -0.2) is 36.6 Å². The fraction of sp³-hybridized carbons (Fsp3) is 0.333. The molecule has 1 N–H and O–H groups in total. The van der Waals surface area contributed by atoms with Crippen molar-refractivity contribution in [2.24, 2.45) is 0 Å². The Labute approximate surface area is 158 Å². The normalized spacial score (nSPS) is 15.9. The molecule has 0 radical (unpaired) electrons. The van der Waals surface area contributed by atoms with Crippen LogP contribution in [0, 0.1) is 0 Å². The number of likely N-dealkylation sites (tertiary alicyclic amines) is 1. The Hall–Kier alpha value is -3.02. The first-order chi connectivity index (χ1) is 13.2. The molecule has 0 aromatic heterocycles. The number of anilines is 1. The summed E-state index contributed by atoms with van der Waals surface area (Å²) in [4.78, 5) is 27.0. The average Bonchev–Trinajstić information content (AvgIpc) is 2.99. The third-order valence-corrected chi connectivity index (χ3v) is 4.92. The van der Waals surface area contributed by atoms with E-state index in [0.717, 1.165) is 25.9 Å².